The van der Waals surface area contributed by atoms with Gasteiger partial charge < -0.3 is 4.42 Å². The van der Waals surface area contributed by atoms with Crippen molar-refractivity contribution in [2.45, 2.75) is 0 Å². The molecule has 0 aliphatic heterocycles. The van der Waals surface area contributed by atoms with Gasteiger partial charge in [0.05, 0.1) is 6.20 Å². The van der Waals surface area contributed by atoms with E-state index in [4.69, 9.17) is 9.68 Å². The van der Waals surface area contributed by atoms with Crippen LogP contribution in [0.3, 0.4) is 0 Å². The number of benzene rings is 1. The maximum absolute atomic E-state index is 12.0. The minimum absolute atomic E-state index is 0.218. The van der Waals surface area contributed by atoms with E-state index in [1.165, 1.54) is 6.20 Å². The fraction of sp³-hybridized carbons (Fsp3) is 0. The van der Waals surface area contributed by atoms with Gasteiger partial charge in [0.15, 0.2) is 10.9 Å². The van der Waals surface area contributed by atoms with Gasteiger partial charge in [0, 0.05) is 5.39 Å². The molecule has 0 bridgehead atoms. The van der Waals surface area contributed by atoms with E-state index in [1.807, 2.05) is 24.3 Å². The van der Waals surface area contributed by atoms with Crippen LogP contribution in [0.1, 0.15) is 15.4 Å². The van der Waals surface area contributed by atoms with Crippen LogP contribution in [0, 0.1) is 11.3 Å². The Hall–Kier alpha value is -2.65. The zero-order valence-electron chi connectivity index (χ0n) is 9.58. The van der Waals surface area contributed by atoms with Crippen LogP contribution >= 0.6 is 11.3 Å². The monoisotopic (exact) mass is 269 g/mol. The van der Waals surface area contributed by atoms with E-state index in [2.05, 4.69) is 10.3 Å². The van der Waals surface area contributed by atoms with Crippen molar-refractivity contribution in [2.75, 3.05) is 5.32 Å². The number of carbonyl (C=O) groups excluding carboxylic acids is 1. The van der Waals surface area contributed by atoms with Gasteiger partial charge in [-0.15, -0.1) is 0 Å². The van der Waals surface area contributed by atoms with Crippen molar-refractivity contribution >= 4 is 33.3 Å². The van der Waals surface area contributed by atoms with E-state index in [-0.39, 0.29) is 11.7 Å². The fourth-order valence-corrected chi connectivity index (χ4v) is 2.24. The van der Waals surface area contributed by atoms with Crippen molar-refractivity contribution in [3.63, 3.8) is 0 Å². The van der Waals surface area contributed by atoms with Crippen LogP contribution in [-0.4, -0.2) is 10.9 Å². The number of furan rings is 1. The number of hydrogen-bond donors (Lipinski definition) is 1. The molecular weight excluding hydrogens is 262 g/mol. The summed E-state index contributed by atoms with van der Waals surface area (Å²) in [6.45, 7) is 0. The molecule has 0 aliphatic rings. The quantitative estimate of drug-likeness (QED) is 0.775. The van der Waals surface area contributed by atoms with E-state index >= 15 is 0 Å². The van der Waals surface area contributed by atoms with Gasteiger partial charge in [-0.25, -0.2) is 4.98 Å². The molecule has 0 unspecified atom stereocenters. The highest BCUT2D eigenvalue weighted by Crippen LogP contribution is 2.21. The SMILES string of the molecule is N#Cc1cnc(NC(=O)c2cc3ccccc3o2)s1. The molecular formula is C13H7N3O2S. The average Bonchev–Trinajstić information content (AvgIpc) is 3.04. The van der Waals surface area contributed by atoms with Gasteiger partial charge >= 0.3 is 0 Å². The third-order valence-electron chi connectivity index (χ3n) is 2.49. The van der Waals surface area contributed by atoms with E-state index < -0.39 is 0 Å². The molecule has 2 heterocycles. The molecule has 0 saturated carbocycles. The summed E-state index contributed by atoms with van der Waals surface area (Å²) < 4.78 is 5.43. The molecule has 6 heteroatoms. The molecule has 3 aromatic rings. The Morgan fingerprint density at radius 2 is 2.26 bits per heavy atom. The Labute approximate surface area is 112 Å². The third-order valence-corrected chi connectivity index (χ3v) is 3.30. The predicted octanol–water partition coefficient (Wildman–Crippen LogP) is 3.01. The molecule has 0 atom stereocenters. The average molecular weight is 269 g/mol. The number of nitrogens with zero attached hydrogens (tertiary/aromatic N) is 2. The first-order valence-corrected chi connectivity index (χ1v) is 6.24. The second kappa shape index (κ2) is 4.55. The van der Waals surface area contributed by atoms with Crippen molar-refractivity contribution in [1.29, 1.82) is 5.26 Å². The largest absolute Gasteiger partial charge is 0.451 e. The number of nitriles is 1. The van der Waals surface area contributed by atoms with Crippen LogP contribution in [0.25, 0.3) is 11.0 Å². The lowest BCUT2D eigenvalue weighted by molar-refractivity contribution is 0.0998. The highest BCUT2D eigenvalue weighted by Gasteiger charge is 2.13. The number of carbonyl (C=O) groups is 1. The van der Waals surface area contributed by atoms with Crippen LogP contribution in [0.2, 0.25) is 0 Å². The molecule has 2 aromatic heterocycles. The molecule has 92 valence electrons. The number of thiazole rings is 1. The van der Waals surface area contributed by atoms with Crippen molar-refractivity contribution in [2.24, 2.45) is 0 Å². The minimum atomic E-state index is -0.380. The Morgan fingerprint density at radius 1 is 1.42 bits per heavy atom. The normalized spacial score (nSPS) is 10.3. The molecule has 0 aliphatic carbocycles. The lowest BCUT2D eigenvalue weighted by atomic mass is 10.2. The third kappa shape index (κ3) is 2.19. The number of fused-ring (bicyclic) bond motifs is 1. The summed E-state index contributed by atoms with van der Waals surface area (Å²) in [4.78, 5) is 16.3. The second-order valence-electron chi connectivity index (χ2n) is 3.74. The number of anilines is 1. The highest BCUT2D eigenvalue weighted by atomic mass is 32.1. The standard InChI is InChI=1S/C13H7N3O2S/c14-6-9-7-15-13(19-9)16-12(17)11-5-8-3-1-2-4-10(8)18-11/h1-5,7H,(H,15,16,17). The summed E-state index contributed by atoms with van der Waals surface area (Å²) >= 11 is 1.12. The van der Waals surface area contributed by atoms with Crippen LogP contribution < -0.4 is 5.32 Å². The summed E-state index contributed by atoms with van der Waals surface area (Å²) in [6.07, 6.45) is 1.42. The number of aromatic nitrogens is 1. The maximum atomic E-state index is 12.0. The molecule has 0 fully saturated rings. The van der Waals surface area contributed by atoms with Crippen LogP contribution in [0.4, 0.5) is 5.13 Å². The van der Waals surface area contributed by atoms with Gasteiger partial charge in [0.25, 0.3) is 5.91 Å². The molecule has 0 radical (unpaired) electrons. The molecule has 19 heavy (non-hydrogen) atoms. The fourth-order valence-electron chi connectivity index (χ4n) is 1.64. The van der Waals surface area contributed by atoms with Crippen LogP contribution in [0.5, 0.6) is 0 Å². The first-order valence-electron chi connectivity index (χ1n) is 5.42. The summed E-state index contributed by atoms with van der Waals surface area (Å²) in [7, 11) is 0. The lowest BCUT2D eigenvalue weighted by Crippen LogP contribution is -2.10. The van der Waals surface area contributed by atoms with Gasteiger partial charge in [-0.1, -0.05) is 29.5 Å². The van der Waals surface area contributed by atoms with E-state index in [9.17, 15) is 4.79 Å². The number of nitrogens with one attached hydrogen (secondary N) is 1. The van der Waals surface area contributed by atoms with Gasteiger partial charge in [-0.3, -0.25) is 10.1 Å². The van der Waals surface area contributed by atoms with Crippen molar-refractivity contribution in [3.8, 4) is 6.07 Å². The maximum Gasteiger partial charge on any atom is 0.293 e. The summed E-state index contributed by atoms with van der Waals surface area (Å²) in [6, 6.07) is 11.0. The number of para-hydroxylation sites is 1. The molecule has 3 rings (SSSR count). The van der Waals surface area contributed by atoms with Gasteiger partial charge in [0.1, 0.15) is 16.5 Å². The molecule has 1 amide bonds. The van der Waals surface area contributed by atoms with Gasteiger partial charge in [-0.05, 0) is 12.1 Å². The van der Waals surface area contributed by atoms with Gasteiger partial charge in [0.2, 0.25) is 0 Å². The summed E-state index contributed by atoms with van der Waals surface area (Å²) in [5.41, 5.74) is 0.657. The zero-order valence-corrected chi connectivity index (χ0v) is 10.4. The number of hydrogen-bond acceptors (Lipinski definition) is 5. The molecule has 5 nitrogen and oxygen atoms in total. The molecule has 1 N–H and O–H groups in total. The Kier molecular flexibility index (Phi) is 2.74. The van der Waals surface area contributed by atoms with Crippen molar-refractivity contribution < 1.29 is 9.21 Å². The zero-order chi connectivity index (χ0) is 13.2. The Morgan fingerprint density at radius 3 is 3.00 bits per heavy atom. The predicted molar refractivity (Wildman–Crippen MR) is 71.0 cm³/mol. The Balaban J connectivity index is 1.85. The molecule has 0 saturated heterocycles. The topological polar surface area (TPSA) is 78.9 Å². The molecule has 1 aromatic carbocycles. The first kappa shape index (κ1) is 11.4. The van der Waals surface area contributed by atoms with E-state index in [1.54, 1.807) is 12.1 Å². The van der Waals surface area contributed by atoms with Crippen molar-refractivity contribution in [3.05, 3.63) is 47.2 Å². The van der Waals surface area contributed by atoms with E-state index in [0.29, 0.717) is 15.6 Å². The van der Waals surface area contributed by atoms with Gasteiger partial charge in [-0.2, -0.15) is 5.26 Å². The summed E-state index contributed by atoms with van der Waals surface area (Å²) in [5.74, 6) is -0.162. The number of amides is 1. The molecule has 0 spiro atoms. The Bertz CT molecular complexity index is 764. The number of rotatable bonds is 2. The summed E-state index contributed by atoms with van der Waals surface area (Å²) in [5, 5.41) is 12.5. The van der Waals surface area contributed by atoms with E-state index in [0.717, 1.165) is 16.7 Å². The van der Waals surface area contributed by atoms with Crippen LogP contribution in [-0.2, 0) is 0 Å². The van der Waals surface area contributed by atoms with Crippen molar-refractivity contribution in [1.82, 2.24) is 4.98 Å². The lowest BCUT2D eigenvalue weighted by Gasteiger charge is -1.96. The minimum Gasteiger partial charge on any atom is -0.451 e. The first-order chi connectivity index (χ1) is 9.26. The second-order valence-corrected chi connectivity index (χ2v) is 4.77. The highest BCUT2D eigenvalue weighted by molar-refractivity contribution is 7.16. The van der Waals surface area contributed by atoms with Crippen LogP contribution in [0.15, 0.2) is 40.9 Å². The smallest absolute Gasteiger partial charge is 0.293 e.